The highest BCUT2D eigenvalue weighted by Gasteiger charge is 2.23. The molecule has 90 valence electrons. The van der Waals surface area contributed by atoms with E-state index in [1.54, 1.807) is 0 Å². The van der Waals surface area contributed by atoms with Crippen LogP contribution in [0.25, 0.3) is 6.08 Å². The molecule has 1 aliphatic rings. The zero-order valence-electron chi connectivity index (χ0n) is 9.91. The van der Waals surface area contributed by atoms with E-state index in [1.807, 2.05) is 60.7 Å². The Morgan fingerprint density at radius 2 is 1.72 bits per heavy atom. The monoisotopic (exact) mass is 238 g/mol. The predicted molar refractivity (Wildman–Crippen MR) is 71.3 cm³/mol. The number of fused-ring (bicyclic) bond motifs is 1. The van der Waals surface area contributed by atoms with E-state index >= 15 is 0 Å². The van der Waals surface area contributed by atoms with Gasteiger partial charge in [-0.15, -0.1) is 0 Å². The van der Waals surface area contributed by atoms with Crippen molar-refractivity contribution >= 4 is 6.08 Å². The van der Waals surface area contributed by atoms with Gasteiger partial charge in [-0.3, -0.25) is 0 Å². The molecule has 0 radical (unpaired) electrons. The first-order valence-corrected chi connectivity index (χ1v) is 6.00. The number of hydrogen-bond donors (Lipinski definition) is 1. The quantitative estimate of drug-likeness (QED) is 0.826. The average molecular weight is 238 g/mol. The van der Waals surface area contributed by atoms with E-state index in [4.69, 9.17) is 4.74 Å². The molecule has 2 aromatic carbocycles. The number of aliphatic hydroxyl groups excluding tert-OH is 1. The van der Waals surface area contributed by atoms with Crippen LogP contribution >= 0.6 is 0 Å². The van der Waals surface area contributed by atoms with Crippen LogP contribution in [0.5, 0.6) is 5.75 Å². The van der Waals surface area contributed by atoms with Crippen LogP contribution in [0.1, 0.15) is 17.2 Å². The molecule has 0 saturated heterocycles. The molecule has 0 aromatic heterocycles. The molecule has 0 unspecified atom stereocenters. The molecule has 1 N–H and O–H groups in total. The Kier molecular flexibility index (Phi) is 2.87. The summed E-state index contributed by atoms with van der Waals surface area (Å²) in [6.07, 6.45) is 1.41. The van der Waals surface area contributed by atoms with Crippen molar-refractivity contribution < 1.29 is 9.84 Å². The summed E-state index contributed by atoms with van der Waals surface area (Å²) in [6, 6.07) is 17.6. The number of hydrogen-bond acceptors (Lipinski definition) is 2. The van der Waals surface area contributed by atoms with Gasteiger partial charge in [0.2, 0.25) is 0 Å². The van der Waals surface area contributed by atoms with E-state index < -0.39 is 6.10 Å². The molecule has 1 atom stereocenters. The molecule has 2 aromatic rings. The van der Waals surface area contributed by atoms with E-state index in [1.165, 1.54) is 0 Å². The van der Waals surface area contributed by atoms with Crippen molar-refractivity contribution in [3.8, 4) is 5.75 Å². The Hall–Kier alpha value is -2.06. The van der Waals surface area contributed by atoms with Crippen LogP contribution in [0.2, 0.25) is 0 Å². The van der Waals surface area contributed by atoms with Gasteiger partial charge >= 0.3 is 0 Å². The third kappa shape index (κ3) is 2.03. The lowest BCUT2D eigenvalue weighted by molar-refractivity contribution is 0.172. The largest absolute Gasteiger partial charge is 0.489 e. The highest BCUT2D eigenvalue weighted by molar-refractivity contribution is 5.57. The average Bonchev–Trinajstić information content (AvgIpc) is 2.43. The van der Waals surface area contributed by atoms with Crippen LogP contribution in [0.4, 0.5) is 0 Å². The smallest absolute Gasteiger partial charge is 0.125 e. The minimum absolute atomic E-state index is 0.438. The maximum absolute atomic E-state index is 10.3. The number of rotatable bonds is 1. The van der Waals surface area contributed by atoms with Crippen LogP contribution in [-0.4, -0.2) is 11.7 Å². The molecule has 0 bridgehead atoms. The van der Waals surface area contributed by atoms with E-state index in [9.17, 15) is 5.11 Å². The van der Waals surface area contributed by atoms with Gasteiger partial charge in [0.15, 0.2) is 0 Å². The van der Waals surface area contributed by atoms with Crippen LogP contribution in [0, 0.1) is 0 Å². The summed E-state index contributed by atoms with van der Waals surface area (Å²) in [7, 11) is 0. The summed E-state index contributed by atoms with van der Waals surface area (Å²) in [4.78, 5) is 0. The zero-order valence-corrected chi connectivity index (χ0v) is 9.91. The highest BCUT2D eigenvalue weighted by atomic mass is 16.5. The number of benzene rings is 2. The number of ether oxygens (including phenoxy) is 1. The molecule has 18 heavy (non-hydrogen) atoms. The molecular weight excluding hydrogens is 224 g/mol. The van der Waals surface area contributed by atoms with Crippen LogP contribution in [-0.2, 0) is 0 Å². The molecule has 0 amide bonds. The Bertz CT molecular complexity index is 573. The molecular formula is C16H14O2. The Labute approximate surface area is 106 Å². The second-order valence-electron chi connectivity index (χ2n) is 4.36. The summed E-state index contributed by atoms with van der Waals surface area (Å²) in [5, 5.41) is 10.3. The normalized spacial score (nSPS) is 20.3. The third-order valence-corrected chi connectivity index (χ3v) is 3.11. The van der Waals surface area contributed by atoms with Gasteiger partial charge in [0.25, 0.3) is 0 Å². The van der Waals surface area contributed by atoms with Crippen molar-refractivity contribution in [2.45, 2.75) is 6.10 Å². The maximum Gasteiger partial charge on any atom is 0.125 e. The molecule has 0 spiro atoms. The lowest BCUT2D eigenvalue weighted by atomic mass is 9.97. The molecule has 0 fully saturated rings. The van der Waals surface area contributed by atoms with Crippen molar-refractivity contribution in [3.05, 3.63) is 71.3 Å². The Balaban J connectivity index is 1.96. The van der Waals surface area contributed by atoms with Crippen molar-refractivity contribution in [1.82, 2.24) is 0 Å². The summed E-state index contributed by atoms with van der Waals surface area (Å²) in [5.74, 6) is 0.773. The molecule has 2 heteroatoms. The first-order valence-electron chi connectivity index (χ1n) is 6.00. The van der Waals surface area contributed by atoms with E-state index in [-0.39, 0.29) is 0 Å². The summed E-state index contributed by atoms with van der Waals surface area (Å²) in [6.45, 7) is 0.438. The van der Waals surface area contributed by atoms with E-state index in [0.717, 1.165) is 22.4 Å². The van der Waals surface area contributed by atoms with Crippen LogP contribution in [0.15, 0.2) is 60.2 Å². The zero-order chi connectivity index (χ0) is 12.4. The fourth-order valence-electron chi connectivity index (χ4n) is 2.16. The van der Waals surface area contributed by atoms with E-state index in [2.05, 4.69) is 0 Å². The SMILES string of the molecule is O[C@H]1/C(=C/c2ccccc2)COc2ccccc21. The fraction of sp³-hybridized carbons (Fsp3) is 0.125. The van der Waals surface area contributed by atoms with Gasteiger partial charge in [0.05, 0.1) is 0 Å². The van der Waals surface area contributed by atoms with Gasteiger partial charge in [-0.25, -0.2) is 0 Å². The molecule has 2 nitrogen and oxygen atoms in total. The molecule has 0 aliphatic carbocycles. The Morgan fingerprint density at radius 3 is 2.56 bits per heavy atom. The first kappa shape index (κ1) is 11.1. The summed E-state index contributed by atoms with van der Waals surface area (Å²) in [5.41, 5.74) is 2.81. The molecule has 3 rings (SSSR count). The van der Waals surface area contributed by atoms with Crippen LogP contribution in [0.3, 0.4) is 0 Å². The second-order valence-corrected chi connectivity index (χ2v) is 4.36. The van der Waals surface area contributed by atoms with Crippen molar-refractivity contribution in [2.24, 2.45) is 0 Å². The van der Waals surface area contributed by atoms with Gasteiger partial charge < -0.3 is 9.84 Å². The number of para-hydroxylation sites is 1. The Morgan fingerprint density at radius 1 is 1.00 bits per heavy atom. The molecule has 1 aliphatic heterocycles. The number of aliphatic hydroxyl groups is 1. The fourth-order valence-corrected chi connectivity index (χ4v) is 2.16. The topological polar surface area (TPSA) is 29.5 Å². The predicted octanol–water partition coefficient (Wildman–Crippen LogP) is 3.20. The van der Waals surface area contributed by atoms with E-state index in [0.29, 0.717) is 6.61 Å². The second kappa shape index (κ2) is 4.67. The standard InChI is InChI=1S/C16H14O2/c17-16-13(10-12-6-2-1-3-7-12)11-18-15-9-5-4-8-14(15)16/h1-10,16-17H,11H2/b13-10+/t16-/m0/s1. The minimum atomic E-state index is -0.574. The van der Waals surface area contributed by atoms with Gasteiger partial charge in [0.1, 0.15) is 18.5 Å². The van der Waals surface area contributed by atoms with Gasteiger partial charge in [-0.05, 0) is 17.7 Å². The lowest BCUT2D eigenvalue weighted by Gasteiger charge is -2.25. The van der Waals surface area contributed by atoms with Crippen molar-refractivity contribution in [2.75, 3.05) is 6.61 Å². The highest BCUT2D eigenvalue weighted by Crippen LogP contribution is 2.35. The molecule has 1 heterocycles. The van der Waals surface area contributed by atoms with Crippen LogP contribution < -0.4 is 4.74 Å². The summed E-state index contributed by atoms with van der Waals surface area (Å²) < 4.78 is 5.65. The van der Waals surface area contributed by atoms with Crippen molar-refractivity contribution in [3.63, 3.8) is 0 Å². The van der Waals surface area contributed by atoms with Gasteiger partial charge in [0, 0.05) is 11.1 Å². The summed E-state index contributed by atoms with van der Waals surface area (Å²) >= 11 is 0. The van der Waals surface area contributed by atoms with Crippen molar-refractivity contribution in [1.29, 1.82) is 0 Å². The molecule has 0 saturated carbocycles. The van der Waals surface area contributed by atoms with Gasteiger partial charge in [-0.1, -0.05) is 48.5 Å². The third-order valence-electron chi connectivity index (χ3n) is 3.11. The lowest BCUT2D eigenvalue weighted by Crippen LogP contribution is -2.17. The maximum atomic E-state index is 10.3. The first-order chi connectivity index (χ1) is 8.84. The van der Waals surface area contributed by atoms with Gasteiger partial charge in [-0.2, -0.15) is 0 Å². The minimum Gasteiger partial charge on any atom is -0.489 e.